The number of benzene rings is 2. The molecule has 0 fully saturated rings. The molecular formula is C21H29BrO2. The smallest absolute Gasteiger partial charge is 0.123 e. The van der Waals surface area contributed by atoms with E-state index in [1.54, 1.807) is 0 Å². The lowest BCUT2D eigenvalue weighted by atomic mass is 10.0. The van der Waals surface area contributed by atoms with Gasteiger partial charge in [0.2, 0.25) is 0 Å². The predicted molar refractivity (Wildman–Crippen MR) is 107 cm³/mol. The van der Waals surface area contributed by atoms with E-state index in [9.17, 15) is 0 Å². The molecule has 0 heterocycles. The summed E-state index contributed by atoms with van der Waals surface area (Å²) in [6.07, 6.45) is 4.89. The molecule has 0 aliphatic heterocycles. The van der Waals surface area contributed by atoms with Crippen molar-refractivity contribution >= 4 is 26.7 Å². The average Bonchev–Trinajstić information content (AvgIpc) is 2.56. The molecule has 0 radical (unpaired) electrons. The van der Waals surface area contributed by atoms with Gasteiger partial charge in [0.25, 0.3) is 0 Å². The van der Waals surface area contributed by atoms with Gasteiger partial charge in [-0.3, -0.25) is 0 Å². The fourth-order valence-corrected chi connectivity index (χ4v) is 3.10. The summed E-state index contributed by atoms with van der Waals surface area (Å²) in [4.78, 5) is 0.642. The molecule has 2 aromatic rings. The highest BCUT2D eigenvalue weighted by molar-refractivity contribution is 9.09. The predicted octanol–water partition coefficient (Wildman–Crippen LogP) is 6.66. The molecule has 1 unspecified atom stereocenters. The standard InChI is InChI=1S/C21H29BrO2/c1-5-18(22)8-6-7-13-23-19-10-11-20-16(4)21(24-15(2)3)12-9-17(20)14-19/h9-12,14-15,18H,5-8,13H2,1-4H3. The van der Waals surface area contributed by atoms with Crippen LogP contribution in [0, 0.1) is 6.92 Å². The highest BCUT2D eigenvalue weighted by Crippen LogP contribution is 2.30. The van der Waals surface area contributed by atoms with Crippen molar-refractivity contribution in [3.05, 3.63) is 35.9 Å². The number of hydrogen-bond acceptors (Lipinski definition) is 2. The van der Waals surface area contributed by atoms with Gasteiger partial charge in [-0.25, -0.2) is 0 Å². The molecule has 0 amide bonds. The molecule has 1 atom stereocenters. The number of unbranched alkanes of at least 4 members (excludes halogenated alkanes) is 1. The number of rotatable bonds is 9. The van der Waals surface area contributed by atoms with Crippen molar-refractivity contribution < 1.29 is 9.47 Å². The van der Waals surface area contributed by atoms with Crippen LogP contribution >= 0.6 is 15.9 Å². The van der Waals surface area contributed by atoms with Gasteiger partial charge in [0.05, 0.1) is 12.7 Å². The lowest BCUT2D eigenvalue weighted by Crippen LogP contribution is -2.06. The van der Waals surface area contributed by atoms with Crippen LogP contribution in [0.25, 0.3) is 10.8 Å². The summed E-state index contributed by atoms with van der Waals surface area (Å²) in [5, 5.41) is 2.43. The Morgan fingerprint density at radius 2 is 1.88 bits per heavy atom. The molecule has 24 heavy (non-hydrogen) atoms. The van der Waals surface area contributed by atoms with Gasteiger partial charge in [0.1, 0.15) is 11.5 Å². The first kappa shape index (κ1) is 19.1. The molecule has 0 aliphatic rings. The van der Waals surface area contributed by atoms with Crippen LogP contribution in [0.15, 0.2) is 30.3 Å². The lowest BCUT2D eigenvalue weighted by molar-refractivity contribution is 0.241. The van der Waals surface area contributed by atoms with Gasteiger partial charge >= 0.3 is 0 Å². The van der Waals surface area contributed by atoms with Gasteiger partial charge < -0.3 is 9.47 Å². The average molecular weight is 393 g/mol. The third kappa shape index (κ3) is 5.41. The van der Waals surface area contributed by atoms with Crippen LogP contribution in [0.5, 0.6) is 11.5 Å². The van der Waals surface area contributed by atoms with Crippen molar-refractivity contribution in [2.75, 3.05) is 6.61 Å². The number of alkyl halides is 1. The van der Waals surface area contributed by atoms with Crippen LogP contribution in [0.4, 0.5) is 0 Å². The first-order chi connectivity index (χ1) is 11.5. The molecule has 2 aromatic carbocycles. The van der Waals surface area contributed by atoms with Crippen LogP contribution in [-0.2, 0) is 0 Å². The number of halogens is 1. The minimum absolute atomic E-state index is 0.190. The highest BCUT2D eigenvalue weighted by atomic mass is 79.9. The zero-order valence-electron chi connectivity index (χ0n) is 15.3. The van der Waals surface area contributed by atoms with E-state index in [1.165, 1.54) is 35.6 Å². The van der Waals surface area contributed by atoms with E-state index in [0.29, 0.717) is 4.83 Å². The Labute approximate surface area is 154 Å². The molecule has 132 valence electrons. The van der Waals surface area contributed by atoms with E-state index in [4.69, 9.17) is 9.47 Å². The Morgan fingerprint density at radius 3 is 2.58 bits per heavy atom. The molecule has 0 aromatic heterocycles. The molecule has 3 heteroatoms. The molecule has 0 spiro atoms. The summed E-state index contributed by atoms with van der Waals surface area (Å²) in [6.45, 7) is 9.22. The minimum Gasteiger partial charge on any atom is -0.494 e. The molecule has 0 saturated heterocycles. The Balaban J connectivity index is 1.96. The van der Waals surface area contributed by atoms with E-state index in [-0.39, 0.29) is 6.10 Å². The van der Waals surface area contributed by atoms with Crippen molar-refractivity contribution in [1.82, 2.24) is 0 Å². The number of fused-ring (bicyclic) bond motifs is 1. The monoisotopic (exact) mass is 392 g/mol. The van der Waals surface area contributed by atoms with E-state index >= 15 is 0 Å². The van der Waals surface area contributed by atoms with Crippen LogP contribution in [0.2, 0.25) is 0 Å². The van der Waals surface area contributed by atoms with Gasteiger partial charge in [-0.05, 0) is 81.0 Å². The molecule has 2 rings (SSSR count). The Kier molecular flexibility index (Phi) is 7.41. The summed E-state index contributed by atoms with van der Waals surface area (Å²) in [6, 6.07) is 10.5. The summed E-state index contributed by atoms with van der Waals surface area (Å²) < 4.78 is 11.8. The minimum atomic E-state index is 0.190. The van der Waals surface area contributed by atoms with Crippen molar-refractivity contribution in [1.29, 1.82) is 0 Å². The molecule has 0 aliphatic carbocycles. The quantitative estimate of drug-likeness (QED) is 0.350. The second-order valence-electron chi connectivity index (χ2n) is 6.59. The van der Waals surface area contributed by atoms with E-state index in [1.807, 2.05) is 0 Å². The first-order valence-electron chi connectivity index (χ1n) is 8.98. The Hall–Kier alpha value is -1.22. The second-order valence-corrected chi connectivity index (χ2v) is 7.88. The molecule has 0 N–H and O–H groups in total. The van der Waals surface area contributed by atoms with Crippen LogP contribution in [-0.4, -0.2) is 17.5 Å². The van der Waals surface area contributed by atoms with Crippen LogP contribution in [0.1, 0.15) is 52.0 Å². The van der Waals surface area contributed by atoms with Gasteiger partial charge in [0, 0.05) is 4.83 Å². The topological polar surface area (TPSA) is 18.5 Å². The Bertz CT molecular complexity index is 652. The van der Waals surface area contributed by atoms with Gasteiger partial charge in [-0.2, -0.15) is 0 Å². The zero-order chi connectivity index (χ0) is 17.5. The van der Waals surface area contributed by atoms with Crippen LogP contribution in [0.3, 0.4) is 0 Å². The number of aryl methyl sites for hydroxylation is 1. The fraction of sp³-hybridized carbons (Fsp3) is 0.524. The van der Waals surface area contributed by atoms with E-state index in [0.717, 1.165) is 24.5 Å². The van der Waals surface area contributed by atoms with Crippen LogP contribution < -0.4 is 9.47 Å². The van der Waals surface area contributed by atoms with Gasteiger partial charge in [-0.15, -0.1) is 0 Å². The van der Waals surface area contributed by atoms with Crippen molar-refractivity contribution in [3.63, 3.8) is 0 Å². The zero-order valence-corrected chi connectivity index (χ0v) is 16.9. The SMILES string of the molecule is CCC(Br)CCCCOc1ccc2c(C)c(OC(C)C)ccc2c1. The molecular weight excluding hydrogens is 364 g/mol. The van der Waals surface area contributed by atoms with Gasteiger partial charge in [0.15, 0.2) is 0 Å². The number of ether oxygens (including phenoxy) is 2. The van der Waals surface area contributed by atoms with Crippen molar-refractivity contribution in [2.24, 2.45) is 0 Å². The van der Waals surface area contributed by atoms with Crippen molar-refractivity contribution in [2.45, 2.75) is 64.3 Å². The summed E-state index contributed by atoms with van der Waals surface area (Å²) in [7, 11) is 0. The third-order valence-corrected chi connectivity index (χ3v) is 5.30. The summed E-state index contributed by atoms with van der Waals surface area (Å²) in [5.74, 6) is 1.91. The highest BCUT2D eigenvalue weighted by Gasteiger charge is 2.07. The van der Waals surface area contributed by atoms with E-state index in [2.05, 4.69) is 74.0 Å². The fourth-order valence-electron chi connectivity index (χ4n) is 2.78. The molecule has 0 bridgehead atoms. The second kappa shape index (κ2) is 9.31. The van der Waals surface area contributed by atoms with E-state index < -0.39 is 0 Å². The molecule has 2 nitrogen and oxygen atoms in total. The van der Waals surface area contributed by atoms with Crippen molar-refractivity contribution in [3.8, 4) is 11.5 Å². The summed E-state index contributed by atoms with van der Waals surface area (Å²) in [5.41, 5.74) is 1.19. The first-order valence-corrected chi connectivity index (χ1v) is 9.89. The van der Waals surface area contributed by atoms with Gasteiger partial charge in [-0.1, -0.05) is 35.0 Å². The normalized spacial score (nSPS) is 12.6. The maximum absolute atomic E-state index is 5.92. The third-order valence-electron chi connectivity index (χ3n) is 4.20. The maximum atomic E-state index is 5.92. The lowest BCUT2D eigenvalue weighted by Gasteiger charge is -2.15. The number of hydrogen-bond donors (Lipinski definition) is 0. The Morgan fingerprint density at radius 1 is 1.08 bits per heavy atom. The largest absolute Gasteiger partial charge is 0.494 e. The molecule has 0 saturated carbocycles. The maximum Gasteiger partial charge on any atom is 0.123 e. The summed E-state index contributed by atoms with van der Waals surface area (Å²) >= 11 is 3.68.